The van der Waals surface area contributed by atoms with Gasteiger partial charge in [0.2, 0.25) is 0 Å². The van der Waals surface area contributed by atoms with E-state index in [1.807, 2.05) is 21.1 Å². The molecule has 1 N–H and O–H groups in total. The highest BCUT2D eigenvalue weighted by atomic mass is 31.2. The van der Waals surface area contributed by atoms with Gasteiger partial charge in [0.15, 0.2) is 0 Å². The molecule has 0 rings (SSSR count). The fraction of sp³-hybridized carbons (Fsp3) is 0.808. The lowest BCUT2D eigenvalue weighted by atomic mass is 10.1. The van der Waals surface area contributed by atoms with Crippen LogP contribution < -0.4 is 4.89 Å². The Morgan fingerprint density at radius 2 is 1.51 bits per heavy atom. The summed E-state index contributed by atoms with van der Waals surface area (Å²) >= 11 is 0. The number of quaternary nitrogens is 1. The number of hydrogen-bond acceptors (Lipinski definition) is 7. The monoisotopic (exact) mass is 519 g/mol. The Morgan fingerprint density at radius 3 is 2.14 bits per heavy atom. The van der Waals surface area contributed by atoms with Crippen molar-refractivity contribution in [2.45, 2.75) is 90.1 Å². The summed E-state index contributed by atoms with van der Waals surface area (Å²) in [4.78, 5) is 23.5. The Labute approximate surface area is 213 Å². The summed E-state index contributed by atoms with van der Waals surface area (Å²) in [5.74, 6) is -0.403. The number of phosphoric acid groups is 1. The molecule has 0 aliphatic rings. The molecule has 8 nitrogen and oxygen atoms in total. The van der Waals surface area contributed by atoms with Gasteiger partial charge in [-0.25, -0.2) is 0 Å². The third kappa shape index (κ3) is 25.9. The normalized spacial score (nSPS) is 15.0. The number of carbonyl (C=O) groups is 1. The second kappa shape index (κ2) is 21.1. The molecule has 0 aromatic heterocycles. The van der Waals surface area contributed by atoms with Crippen LogP contribution in [0.1, 0.15) is 84.0 Å². The Morgan fingerprint density at radius 1 is 0.914 bits per heavy atom. The maximum Gasteiger partial charge on any atom is 0.305 e. The van der Waals surface area contributed by atoms with E-state index in [0.29, 0.717) is 11.0 Å². The molecule has 0 aromatic rings. The van der Waals surface area contributed by atoms with Crippen LogP contribution in [0.25, 0.3) is 0 Å². The summed E-state index contributed by atoms with van der Waals surface area (Å²) in [6.45, 7) is 1.88. The maximum atomic E-state index is 11.8. The number of phosphoric ester groups is 1. The summed E-state index contributed by atoms with van der Waals surface area (Å²) in [6, 6.07) is 0. The lowest BCUT2D eigenvalue weighted by molar-refractivity contribution is -0.870. The van der Waals surface area contributed by atoms with E-state index in [2.05, 4.69) is 35.8 Å². The Balaban J connectivity index is 3.64. The van der Waals surface area contributed by atoms with Gasteiger partial charge >= 0.3 is 5.97 Å². The van der Waals surface area contributed by atoms with Crippen LogP contribution in [-0.2, 0) is 23.1 Å². The van der Waals surface area contributed by atoms with Gasteiger partial charge in [0.1, 0.15) is 25.9 Å². The molecule has 0 saturated carbocycles. The highest BCUT2D eigenvalue weighted by Gasteiger charge is 2.16. The Bertz CT molecular complexity index is 632. The molecule has 0 aliphatic heterocycles. The van der Waals surface area contributed by atoms with Crippen LogP contribution in [0, 0.1) is 0 Å². The second-order valence-electron chi connectivity index (χ2n) is 9.91. The van der Waals surface area contributed by atoms with Gasteiger partial charge < -0.3 is 28.3 Å². The number of esters is 1. The molecule has 0 amide bonds. The number of ether oxygens (including phenoxy) is 1. The first-order chi connectivity index (χ1) is 16.6. The van der Waals surface area contributed by atoms with Crippen molar-refractivity contribution >= 4 is 13.8 Å². The number of rotatable bonds is 23. The lowest BCUT2D eigenvalue weighted by Crippen LogP contribution is -2.37. The average molecular weight is 520 g/mol. The van der Waals surface area contributed by atoms with Crippen molar-refractivity contribution in [3.63, 3.8) is 0 Å². The molecule has 0 aromatic carbocycles. The highest BCUT2D eigenvalue weighted by Crippen LogP contribution is 2.38. The van der Waals surface area contributed by atoms with E-state index in [-0.39, 0.29) is 19.6 Å². The minimum absolute atomic E-state index is 0.0110. The number of allylic oxidation sites excluding steroid dienone is 4. The fourth-order valence-electron chi connectivity index (χ4n) is 3.03. The second-order valence-corrected chi connectivity index (χ2v) is 11.3. The predicted octanol–water partition coefficient (Wildman–Crippen LogP) is 4.91. The molecule has 0 spiro atoms. The maximum absolute atomic E-state index is 11.8. The zero-order valence-electron chi connectivity index (χ0n) is 22.5. The first-order valence-electron chi connectivity index (χ1n) is 13.1. The molecular weight excluding hydrogens is 469 g/mol. The quantitative estimate of drug-likeness (QED) is 0.0672. The summed E-state index contributed by atoms with van der Waals surface area (Å²) in [5, 5.41) is 9.79. The molecule has 35 heavy (non-hydrogen) atoms. The summed E-state index contributed by atoms with van der Waals surface area (Å²) < 4.78 is 26.6. The van der Waals surface area contributed by atoms with E-state index >= 15 is 0 Å². The number of unbranched alkanes of at least 4 members (excludes halogenated alkanes) is 8. The molecule has 9 heteroatoms. The van der Waals surface area contributed by atoms with Crippen LogP contribution in [0.4, 0.5) is 0 Å². The van der Waals surface area contributed by atoms with Crippen molar-refractivity contribution in [2.75, 3.05) is 47.5 Å². The molecule has 1 unspecified atom stereocenters. The summed E-state index contributed by atoms with van der Waals surface area (Å²) in [7, 11) is 1.24. The Kier molecular flexibility index (Phi) is 20.5. The third-order valence-corrected chi connectivity index (χ3v) is 6.17. The van der Waals surface area contributed by atoms with Crippen molar-refractivity contribution in [3.05, 3.63) is 24.3 Å². The van der Waals surface area contributed by atoms with Crippen LogP contribution in [-0.4, -0.2) is 69.2 Å². The van der Waals surface area contributed by atoms with E-state index in [1.165, 1.54) is 25.7 Å². The van der Waals surface area contributed by atoms with Gasteiger partial charge in [-0.3, -0.25) is 9.36 Å². The highest BCUT2D eigenvalue weighted by molar-refractivity contribution is 7.45. The largest absolute Gasteiger partial charge is 0.756 e. The Hall–Kier alpha value is -1.02. The SMILES string of the molecule is CCCCC/C=C\C/C=C\CCCCCCCC(=O)OC[C@@H](O)COP(=O)([O-])OCC[N+](C)(C)C. The summed E-state index contributed by atoms with van der Waals surface area (Å²) in [5.41, 5.74) is 0. The molecule has 0 fully saturated rings. The molecule has 2 atom stereocenters. The van der Waals surface area contributed by atoms with E-state index in [4.69, 9.17) is 9.26 Å². The number of likely N-dealkylation sites (N-methyl/N-ethyl adjacent to an activating group) is 1. The fourth-order valence-corrected chi connectivity index (χ4v) is 3.77. The smallest absolute Gasteiger partial charge is 0.305 e. The van der Waals surface area contributed by atoms with Crippen molar-refractivity contribution in [1.29, 1.82) is 0 Å². The van der Waals surface area contributed by atoms with Gasteiger partial charge in [0.05, 0.1) is 27.7 Å². The molecule has 0 bridgehead atoms. The van der Waals surface area contributed by atoms with Crippen molar-refractivity contribution in [1.82, 2.24) is 0 Å². The number of aliphatic hydroxyl groups is 1. The van der Waals surface area contributed by atoms with Gasteiger partial charge in [-0.1, -0.05) is 63.3 Å². The number of nitrogens with zero attached hydrogens (tertiary/aromatic N) is 1. The van der Waals surface area contributed by atoms with Gasteiger partial charge in [-0.15, -0.1) is 0 Å². The molecular formula is C26H50NO7P. The van der Waals surface area contributed by atoms with Gasteiger partial charge in [-0.05, 0) is 38.5 Å². The van der Waals surface area contributed by atoms with E-state index in [0.717, 1.165) is 44.9 Å². The molecule has 0 saturated heterocycles. The number of carbonyl (C=O) groups excluding carboxylic acids is 1. The molecule has 0 heterocycles. The topological polar surface area (TPSA) is 105 Å². The third-order valence-electron chi connectivity index (χ3n) is 5.20. The number of hydrogen-bond donors (Lipinski definition) is 1. The predicted molar refractivity (Wildman–Crippen MR) is 139 cm³/mol. The molecule has 206 valence electrons. The standard InChI is InChI=1S/C26H50NO7P/c1-5-6-7-8-9-10-11-12-13-14-15-16-17-18-19-20-26(29)32-23-25(28)24-34-35(30,31)33-22-21-27(2,3)4/h9-10,12-13,25,28H,5-8,11,14-24H2,1-4H3/b10-9-,13-12-/t25-/m1/s1. The van der Waals surface area contributed by atoms with Crippen molar-refractivity contribution in [3.8, 4) is 0 Å². The van der Waals surface area contributed by atoms with Crippen LogP contribution in [0.5, 0.6) is 0 Å². The van der Waals surface area contributed by atoms with Crippen LogP contribution >= 0.6 is 7.82 Å². The first kappa shape index (κ1) is 34.0. The number of aliphatic hydroxyl groups excluding tert-OH is 1. The van der Waals surface area contributed by atoms with Crippen LogP contribution in [0.3, 0.4) is 0 Å². The van der Waals surface area contributed by atoms with Crippen LogP contribution in [0.2, 0.25) is 0 Å². The minimum atomic E-state index is -4.49. The van der Waals surface area contributed by atoms with Gasteiger partial charge in [0.25, 0.3) is 7.82 Å². The first-order valence-corrected chi connectivity index (χ1v) is 14.6. The zero-order chi connectivity index (χ0) is 26.4. The van der Waals surface area contributed by atoms with Gasteiger partial charge in [-0.2, -0.15) is 0 Å². The molecule has 0 aliphatic carbocycles. The van der Waals surface area contributed by atoms with Crippen molar-refractivity contribution in [2.24, 2.45) is 0 Å². The van der Waals surface area contributed by atoms with E-state index < -0.39 is 26.5 Å². The van der Waals surface area contributed by atoms with E-state index in [1.54, 1.807) is 0 Å². The van der Waals surface area contributed by atoms with Crippen LogP contribution in [0.15, 0.2) is 24.3 Å². The van der Waals surface area contributed by atoms with E-state index in [9.17, 15) is 19.4 Å². The zero-order valence-corrected chi connectivity index (χ0v) is 23.4. The average Bonchev–Trinajstić information content (AvgIpc) is 2.78. The lowest BCUT2D eigenvalue weighted by Gasteiger charge is -2.27. The minimum Gasteiger partial charge on any atom is -0.756 e. The van der Waals surface area contributed by atoms with Crippen molar-refractivity contribution < 1.29 is 37.6 Å². The molecule has 0 radical (unpaired) electrons. The van der Waals surface area contributed by atoms with Gasteiger partial charge in [0, 0.05) is 6.42 Å². The summed E-state index contributed by atoms with van der Waals surface area (Å²) in [6.07, 6.45) is 20.2.